The third-order valence-electron chi connectivity index (χ3n) is 3.63. The van der Waals surface area contributed by atoms with Crippen molar-refractivity contribution in [2.24, 2.45) is 4.40 Å². The molecule has 0 saturated carbocycles. The van der Waals surface area contributed by atoms with Crippen molar-refractivity contribution in [2.75, 3.05) is 20.6 Å². The number of ether oxygens (including phenoxy) is 1. The van der Waals surface area contributed by atoms with Crippen LogP contribution in [0.5, 0.6) is 11.5 Å². The monoisotopic (exact) mass is 443 g/mol. The van der Waals surface area contributed by atoms with Gasteiger partial charge in [-0.25, -0.2) is 0 Å². The molecule has 7 nitrogen and oxygen atoms in total. The minimum atomic E-state index is -4.98. The first-order chi connectivity index (χ1) is 14.0. The lowest BCUT2D eigenvalue weighted by atomic mass is 10.1. The normalized spacial score (nSPS) is 12.0. The smallest absolute Gasteiger partial charge is 0.456 e. The number of hydrogen-bond donors (Lipinski definition) is 1. The summed E-state index contributed by atoms with van der Waals surface area (Å²) in [6.07, 6.45) is -3.89. The molecule has 162 valence electrons. The van der Waals surface area contributed by atoms with Gasteiger partial charge in [0.15, 0.2) is 0 Å². The first-order valence-electron chi connectivity index (χ1n) is 8.67. The number of benzene rings is 2. The minimum Gasteiger partial charge on any atom is -0.456 e. The first kappa shape index (κ1) is 23.2. The molecule has 0 radical (unpaired) electrons. The van der Waals surface area contributed by atoms with E-state index >= 15 is 0 Å². The molecule has 0 aliphatic rings. The van der Waals surface area contributed by atoms with Gasteiger partial charge in [0.25, 0.3) is 10.0 Å². The van der Waals surface area contributed by atoms with E-state index in [1.54, 1.807) is 49.7 Å². The highest BCUT2D eigenvalue weighted by molar-refractivity contribution is 7.90. The number of carbonyl (C=O) groups is 1. The van der Waals surface area contributed by atoms with Gasteiger partial charge in [0.1, 0.15) is 22.7 Å². The van der Waals surface area contributed by atoms with Crippen molar-refractivity contribution >= 4 is 22.3 Å². The quantitative estimate of drug-likeness (QED) is 0.501. The number of halogens is 3. The van der Waals surface area contributed by atoms with Crippen LogP contribution in [-0.4, -0.2) is 52.4 Å². The highest BCUT2D eigenvalue weighted by Gasteiger charge is 2.38. The highest BCUT2D eigenvalue weighted by atomic mass is 32.2. The van der Waals surface area contributed by atoms with Crippen molar-refractivity contribution in [3.05, 3.63) is 54.1 Å². The van der Waals surface area contributed by atoms with Crippen LogP contribution in [0.4, 0.5) is 13.2 Å². The molecule has 1 N–H and O–H groups in total. The van der Waals surface area contributed by atoms with Crippen LogP contribution in [0.1, 0.15) is 5.56 Å². The molecule has 0 fully saturated rings. The van der Waals surface area contributed by atoms with Gasteiger partial charge in [-0.05, 0) is 36.2 Å². The molecule has 0 unspecified atom stereocenters. The Morgan fingerprint density at radius 1 is 1.17 bits per heavy atom. The fourth-order valence-corrected chi connectivity index (χ4v) is 3.33. The van der Waals surface area contributed by atoms with E-state index in [-0.39, 0.29) is 23.6 Å². The SMILES string of the molecule is CN(C)/C=N/S(=O)(=O)c1cc(CCNC(=O)C(F)(F)F)ccc1Oc1ccccc1. The lowest BCUT2D eigenvalue weighted by Gasteiger charge is -2.13. The zero-order valence-electron chi connectivity index (χ0n) is 16.2. The van der Waals surface area contributed by atoms with Gasteiger partial charge in [0.2, 0.25) is 0 Å². The van der Waals surface area contributed by atoms with Crippen LogP contribution in [0, 0.1) is 0 Å². The summed E-state index contributed by atoms with van der Waals surface area (Å²) in [7, 11) is -0.963. The molecule has 0 bridgehead atoms. The second kappa shape index (κ2) is 9.61. The van der Waals surface area contributed by atoms with Gasteiger partial charge >= 0.3 is 12.1 Å². The summed E-state index contributed by atoms with van der Waals surface area (Å²) in [6, 6.07) is 12.6. The Kier molecular flexibility index (Phi) is 7.43. The number of nitrogens with one attached hydrogen (secondary N) is 1. The fourth-order valence-electron chi connectivity index (χ4n) is 2.24. The van der Waals surface area contributed by atoms with E-state index in [4.69, 9.17) is 4.74 Å². The maximum Gasteiger partial charge on any atom is 0.471 e. The summed E-state index contributed by atoms with van der Waals surface area (Å²) in [5.41, 5.74) is 0.386. The largest absolute Gasteiger partial charge is 0.471 e. The molecule has 11 heteroatoms. The highest BCUT2D eigenvalue weighted by Crippen LogP contribution is 2.31. The molecule has 2 aromatic carbocycles. The molecule has 0 heterocycles. The van der Waals surface area contributed by atoms with E-state index in [1.807, 2.05) is 0 Å². The molecular weight excluding hydrogens is 423 g/mol. The molecule has 0 atom stereocenters. The van der Waals surface area contributed by atoms with E-state index in [0.29, 0.717) is 11.3 Å². The average molecular weight is 443 g/mol. The fraction of sp³-hybridized carbons (Fsp3) is 0.263. The molecule has 2 aromatic rings. The number of carbonyl (C=O) groups excluding carboxylic acids is 1. The van der Waals surface area contributed by atoms with Crippen molar-refractivity contribution < 1.29 is 31.1 Å². The Morgan fingerprint density at radius 2 is 1.83 bits per heavy atom. The van der Waals surface area contributed by atoms with Gasteiger partial charge < -0.3 is 15.0 Å². The maximum atomic E-state index is 12.7. The second-order valence-electron chi connectivity index (χ2n) is 6.36. The van der Waals surface area contributed by atoms with Crippen LogP contribution < -0.4 is 10.1 Å². The molecule has 0 aliphatic carbocycles. The van der Waals surface area contributed by atoms with Crippen LogP contribution in [0.25, 0.3) is 0 Å². The Morgan fingerprint density at radius 3 is 2.43 bits per heavy atom. The summed E-state index contributed by atoms with van der Waals surface area (Å²) in [5, 5.41) is 1.74. The number of alkyl halides is 3. The predicted molar refractivity (Wildman–Crippen MR) is 105 cm³/mol. The van der Waals surface area contributed by atoms with Gasteiger partial charge in [-0.1, -0.05) is 24.3 Å². The van der Waals surface area contributed by atoms with Crippen LogP contribution in [-0.2, 0) is 21.2 Å². The second-order valence-corrected chi connectivity index (χ2v) is 7.96. The molecule has 30 heavy (non-hydrogen) atoms. The van der Waals surface area contributed by atoms with Gasteiger partial charge in [-0.3, -0.25) is 4.79 Å². The maximum absolute atomic E-state index is 12.7. The minimum absolute atomic E-state index is 0.0141. The van der Waals surface area contributed by atoms with Crippen molar-refractivity contribution in [3.63, 3.8) is 0 Å². The molecular formula is C19H20F3N3O4S. The number of para-hydroxylation sites is 1. The van der Waals surface area contributed by atoms with Gasteiger partial charge in [-0.15, -0.1) is 4.40 Å². The van der Waals surface area contributed by atoms with E-state index < -0.39 is 22.1 Å². The number of sulfonamides is 1. The third-order valence-corrected chi connectivity index (χ3v) is 4.88. The number of nitrogens with zero attached hydrogens (tertiary/aromatic N) is 2. The Balaban J connectivity index is 2.31. The van der Waals surface area contributed by atoms with Crippen molar-refractivity contribution in [3.8, 4) is 11.5 Å². The third kappa shape index (κ3) is 6.76. The lowest BCUT2D eigenvalue weighted by molar-refractivity contribution is -0.173. The van der Waals surface area contributed by atoms with Crippen LogP contribution in [0.3, 0.4) is 0 Å². The molecule has 0 aromatic heterocycles. The van der Waals surface area contributed by atoms with Crippen LogP contribution in [0.2, 0.25) is 0 Å². The van der Waals surface area contributed by atoms with Crippen molar-refractivity contribution in [1.29, 1.82) is 0 Å². The first-order valence-corrected chi connectivity index (χ1v) is 10.1. The average Bonchev–Trinajstić information content (AvgIpc) is 2.67. The summed E-state index contributed by atoms with van der Waals surface area (Å²) < 4.78 is 71.5. The van der Waals surface area contributed by atoms with Crippen molar-refractivity contribution in [1.82, 2.24) is 10.2 Å². The summed E-state index contributed by atoms with van der Waals surface area (Å²) >= 11 is 0. The molecule has 1 amide bonds. The van der Waals surface area contributed by atoms with E-state index in [2.05, 4.69) is 4.40 Å². The molecule has 0 saturated heterocycles. The molecule has 2 rings (SSSR count). The topological polar surface area (TPSA) is 88.1 Å². The predicted octanol–water partition coefficient (Wildman–Crippen LogP) is 2.98. The van der Waals surface area contributed by atoms with Crippen LogP contribution in [0.15, 0.2) is 57.8 Å². The standard InChI is InChI=1S/C19H20F3N3O4S/c1-25(2)13-24-30(27,28)17-12-14(10-11-23-18(26)19(20,21)22)8-9-16(17)29-15-6-4-3-5-7-15/h3-9,12-13H,10-11H2,1-2H3,(H,23,26)/b24-13+. The number of amides is 1. The number of rotatable bonds is 8. The lowest BCUT2D eigenvalue weighted by Crippen LogP contribution is -2.37. The van der Waals surface area contributed by atoms with Crippen LogP contribution >= 0.6 is 0 Å². The van der Waals surface area contributed by atoms with Crippen molar-refractivity contribution in [2.45, 2.75) is 17.5 Å². The molecule has 0 aliphatic heterocycles. The summed E-state index contributed by atoms with van der Waals surface area (Å²) in [5.74, 6) is -1.65. The van der Waals surface area contributed by atoms with E-state index in [9.17, 15) is 26.4 Å². The summed E-state index contributed by atoms with van der Waals surface area (Å²) in [6.45, 7) is -0.322. The Bertz CT molecular complexity index is 1010. The Labute approximate surface area is 172 Å². The molecule has 0 spiro atoms. The van der Waals surface area contributed by atoms with E-state index in [0.717, 1.165) is 6.34 Å². The Hall–Kier alpha value is -3.08. The number of hydrogen-bond acceptors (Lipinski definition) is 4. The zero-order valence-corrected chi connectivity index (χ0v) is 17.0. The van der Waals surface area contributed by atoms with Gasteiger partial charge in [0, 0.05) is 20.6 Å². The van der Waals surface area contributed by atoms with E-state index in [1.165, 1.54) is 23.1 Å². The zero-order chi connectivity index (χ0) is 22.4. The summed E-state index contributed by atoms with van der Waals surface area (Å²) in [4.78, 5) is 12.1. The van der Waals surface area contributed by atoms with Gasteiger partial charge in [0.05, 0.1) is 0 Å². The van der Waals surface area contributed by atoms with Gasteiger partial charge in [-0.2, -0.15) is 21.6 Å².